The number of urea groups is 1. The highest BCUT2D eigenvalue weighted by molar-refractivity contribution is 5.80. The summed E-state index contributed by atoms with van der Waals surface area (Å²) in [6.45, 7) is 12.3. The van der Waals surface area contributed by atoms with Gasteiger partial charge < -0.3 is 25.1 Å². The van der Waals surface area contributed by atoms with Crippen molar-refractivity contribution in [1.29, 1.82) is 0 Å². The van der Waals surface area contributed by atoms with E-state index in [0.29, 0.717) is 47.1 Å². The molecule has 2 amide bonds. The van der Waals surface area contributed by atoms with Crippen molar-refractivity contribution in [3.63, 3.8) is 0 Å². The van der Waals surface area contributed by atoms with Gasteiger partial charge in [-0.3, -0.25) is 0 Å². The molecule has 0 saturated carbocycles. The van der Waals surface area contributed by atoms with Gasteiger partial charge in [0.05, 0.1) is 23.1 Å². The lowest BCUT2D eigenvalue weighted by Gasteiger charge is -2.27. The molecular formula is C34H35FN4O3. The molecule has 3 N–H and O–H groups in total. The SMILES string of the molecule is C=Cc1ccc(-c2cccc(-c3nc(C(=C)NCc4ccccc4F)cc4c3C(CCO)N(C(=O)NC(C)C)C4)c2)o1. The number of rotatable bonds is 10. The molecule has 0 aliphatic carbocycles. The molecule has 4 aromatic rings. The van der Waals surface area contributed by atoms with Crippen LogP contribution in [0.3, 0.4) is 0 Å². The standard InChI is InChI=1S/C34H35FN4O3/c1-5-27-13-14-31(42-27)23-10-8-11-24(17-23)33-32-26(20-39(30(32)15-16-40)34(41)37-21(2)3)18-29(38-33)22(4)36-19-25-9-6-7-12-28(25)35/h5-14,17-18,21,30,36,40H,1,4,15-16,19-20H2,2-3H3,(H,37,41). The first kappa shape index (κ1) is 28.8. The average Bonchev–Trinajstić information content (AvgIpc) is 3.61. The highest BCUT2D eigenvalue weighted by Gasteiger charge is 2.37. The molecule has 7 nitrogen and oxygen atoms in total. The molecule has 216 valence electrons. The van der Waals surface area contributed by atoms with Crippen LogP contribution in [0.15, 0.2) is 84.3 Å². The topological polar surface area (TPSA) is 90.6 Å². The molecular weight excluding hydrogens is 531 g/mol. The van der Waals surface area contributed by atoms with E-state index >= 15 is 0 Å². The number of nitrogens with zero attached hydrogens (tertiary/aromatic N) is 2. The Labute approximate surface area is 245 Å². The van der Waals surface area contributed by atoms with Crippen molar-refractivity contribution >= 4 is 17.8 Å². The van der Waals surface area contributed by atoms with Crippen LogP contribution in [0.2, 0.25) is 0 Å². The largest absolute Gasteiger partial charge is 0.457 e. The summed E-state index contributed by atoms with van der Waals surface area (Å²) in [5.74, 6) is 1.07. The number of hydrogen-bond acceptors (Lipinski definition) is 5. The minimum absolute atomic E-state index is 0.0445. The van der Waals surface area contributed by atoms with Crippen LogP contribution in [-0.4, -0.2) is 33.7 Å². The van der Waals surface area contributed by atoms with Crippen molar-refractivity contribution in [2.75, 3.05) is 6.61 Å². The Morgan fingerprint density at radius 2 is 1.95 bits per heavy atom. The maximum Gasteiger partial charge on any atom is 0.318 e. The van der Waals surface area contributed by atoms with Gasteiger partial charge >= 0.3 is 6.03 Å². The molecule has 1 atom stereocenters. The number of carbonyl (C=O) groups is 1. The fraction of sp³-hybridized carbons (Fsp3) is 0.235. The summed E-state index contributed by atoms with van der Waals surface area (Å²) in [7, 11) is 0. The van der Waals surface area contributed by atoms with E-state index in [1.54, 1.807) is 29.2 Å². The van der Waals surface area contributed by atoms with Crippen molar-refractivity contribution in [3.8, 4) is 22.6 Å². The molecule has 2 aromatic carbocycles. The summed E-state index contributed by atoms with van der Waals surface area (Å²) in [4.78, 5) is 20.1. The van der Waals surface area contributed by atoms with Gasteiger partial charge in [0.15, 0.2) is 0 Å². The molecule has 0 fully saturated rings. The highest BCUT2D eigenvalue weighted by atomic mass is 19.1. The number of hydrogen-bond donors (Lipinski definition) is 3. The molecule has 0 saturated heterocycles. The Hall–Kier alpha value is -4.69. The van der Waals surface area contributed by atoms with E-state index < -0.39 is 0 Å². The van der Waals surface area contributed by atoms with E-state index in [9.17, 15) is 14.3 Å². The highest BCUT2D eigenvalue weighted by Crippen LogP contribution is 2.43. The Bertz CT molecular complexity index is 1630. The van der Waals surface area contributed by atoms with E-state index in [0.717, 1.165) is 22.3 Å². The first-order chi connectivity index (χ1) is 20.3. The molecule has 3 heterocycles. The number of fused-ring (bicyclic) bond motifs is 1. The molecule has 5 rings (SSSR count). The maximum absolute atomic E-state index is 14.3. The monoisotopic (exact) mass is 566 g/mol. The van der Waals surface area contributed by atoms with Crippen molar-refractivity contribution in [3.05, 3.63) is 114 Å². The number of furan rings is 1. The zero-order valence-electron chi connectivity index (χ0n) is 23.9. The molecule has 0 spiro atoms. The van der Waals surface area contributed by atoms with Gasteiger partial charge in [0.1, 0.15) is 17.3 Å². The first-order valence-electron chi connectivity index (χ1n) is 14.0. The number of aliphatic hydroxyl groups is 1. The number of amides is 2. The number of aliphatic hydroxyl groups excluding tert-OH is 1. The van der Waals surface area contributed by atoms with E-state index in [4.69, 9.17) is 9.40 Å². The predicted molar refractivity (Wildman–Crippen MR) is 163 cm³/mol. The Kier molecular flexibility index (Phi) is 8.54. The van der Waals surface area contributed by atoms with E-state index in [2.05, 4.69) is 23.8 Å². The second-order valence-electron chi connectivity index (χ2n) is 10.6. The van der Waals surface area contributed by atoms with Crippen LogP contribution in [0.25, 0.3) is 34.4 Å². The normalized spacial score (nSPS) is 14.1. The van der Waals surface area contributed by atoms with Gasteiger partial charge in [-0.05, 0) is 62.2 Å². The van der Waals surface area contributed by atoms with Gasteiger partial charge in [-0.2, -0.15) is 0 Å². The summed E-state index contributed by atoms with van der Waals surface area (Å²) < 4.78 is 20.2. The van der Waals surface area contributed by atoms with Crippen LogP contribution in [0, 0.1) is 5.82 Å². The van der Waals surface area contributed by atoms with Crippen molar-refractivity contribution in [2.45, 2.75) is 45.4 Å². The molecule has 42 heavy (non-hydrogen) atoms. The third-order valence-electron chi connectivity index (χ3n) is 7.28. The van der Waals surface area contributed by atoms with Crippen LogP contribution < -0.4 is 10.6 Å². The lowest BCUT2D eigenvalue weighted by molar-refractivity contribution is 0.162. The first-order valence-corrected chi connectivity index (χ1v) is 14.0. The number of nitrogens with one attached hydrogen (secondary N) is 2. The number of pyridine rings is 1. The van der Waals surface area contributed by atoms with Gasteiger partial charge in [-0.15, -0.1) is 0 Å². The van der Waals surface area contributed by atoms with Crippen molar-refractivity contribution in [1.82, 2.24) is 20.5 Å². The predicted octanol–water partition coefficient (Wildman–Crippen LogP) is 6.91. The Morgan fingerprint density at radius 1 is 1.17 bits per heavy atom. The lowest BCUT2D eigenvalue weighted by Crippen LogP contribution is -2.42. The van der Waals surface area contributed by atoms with Crippen LogP contribution in [0.5, 0.6) is 0 Å². The molecule has 1 aliphatic rings. The molecule has 1 aliphatic heterocycles. The summed E-state index contributed by atoms with van der Waals surface area (Å²) in [5.41, 5.74) is 5.82. The average molecular weight is 567 g/mol. The van der Waals surface area contributed by atoms with Gasteiger partial charge in [0.25, 0.3) is 0 Å². The summed E-state index contributed by atoms with van der Waals surface area (Å²) >= 11 is 0. The van der Waals surface area contributed by atoms with Crippen LogP contribution in [-0.2, 0) is 13.1 Å². The number of aromatic nitrogens is 1. The third kappa shape index (κ3) is 5.99. The zero-order chi connectivity index (χ0) is 29.8. The number of benzene rings is 2. The third-order valence-corrected chi connectivity index (χ3v) is 7.28. The maximum atomic E-state index is 14.3. The van der Waals surface area contributed by atoms with Crippen molar-refractivity contribution in [2.24, 2.45) is 0 Å². The number of carbonyl (C=O) groups excluding carboxylic acids is 1. The smallest absolute Gasteiger partial charge is 0.318 e. The lowest BCUT2D eigenvalue weighted by atomic mass is 9.94. The van der Waals surface area contributed by atoms with Gasteiger partial charge in [-0.25, -0.2) is 14.2 Å². The number of halogens is 1. The zero-order valence-corrected chi connectivity index (χ0v) is 23.9. The van der Waals surface area contributed by atoms with Crippen LogP contribution in [0.1, 0.15) is 54.5 Å². The summed E-state index contributed by atoms with van der Waals surface area (Å²) in [6.07, 6.45) is 2.01. The minimum Gasteiger partial charge on any atom is -0.457 e. The molecule has 0 radical (unpaired) electrons. The van der Waals surface area contributed by atoms with Gasteiger partial charge in [-0.1, -0.05) is 49.6 Å². The molecule has 1 unspecified atom stereocenters. The van der Waals surface area contributed by atoms with Crippen LogP contribution in [0.4, 0.5) is 9.18 Å². The Balaban J connectivity index is 1.58. The van der Waals surface area contributed by atoms with Crippen LogP contribution >= 0.6 is 0 Å². The van der Waals surface area contributed by atoms with Gasteiger partial charge in [0, 0.05) is 48.0 Å². The second kappa shape index (κ2) is 12.4. The van der Waals surface area contributed by atoms with Crippen molar-refractivity contribution < 1.29 is 18.7 Å². The molecule has 8 heteroatoms. The summed E-state index contributed by atoms with van der Waals surface area (Å²) in [6, 6.07) is 19.5. The molecule has 2 aromatic heterocycles. The van der Waals surface area contributed by atoms with E-state index in [-0.39, 0.29) is 37.1 Å². The summed E-state index contributed by atoms with van der Waals surface area (Å²) in [5, 5.41) is 16.2. The van der Waals surface area contributed by atoms with E-state index in [1.165, 1.54) is 6.07 Å². The molecule has 0 bridgehead atoms. The van der Waals surface area contributed by atoms with E-state index in [1.807, 2.05) is 56.3 Å². The second-order valence-corrected chi connectivity index (χ2v) is 10.6. The Morgan fingerprint density at radius 3 is 2.67 bits per heavy atom. The fourth-order valence-electron chi connectivity index (χ4n) is 5.27. The minimum atomic E-state index is -0.375. The fourth-order valence-corrected chi connectivity index (χ4v) is 5.27. The quantitative estimate of drug-likeness (QED) is 0.194. The van der Waals surface area contributed by atoms with Gasteiger partial charge in [0.2, 0.25) is 0 Å².